The summed E-state index contributed by atoms with van der Waals surface area (Å²) in [6.45, 7) is 1.38. The molecule has 6 rings (SSSR count). The van der Waals surface area contributed by atoms with E-state index in [1.165, 1.54) is 17.3 Å². The van der Waals surface area contributed by atoms with Crippen molar-refractivity contribution >= 4 is 28.5 Å². The number of fused-ring (bicyclic) bond motifs is 1. The Morgan fingerprint density at radius 2 is 1.79 bits per heavy atom. The summed E-state index contributed by atoms with van der Waals surface area (Å²) in [5, 5.41) is 20.8. The number of phenols is 1. The van der Waals surface area contributed by atoms with Gasteiger partial charge in [-0.2, -0.15) is 0 Å². The molecule has 1 aliphatic heterocycles. The number of aliphatic carboxylic acids is 1. The van der Waals surface area contributed by atoms with Gasteiger partial charge in [0.1, 0.15) is 11.6 Å². The van der Waals surface area contributed by atoms with Gasteiger partial charge in [-0.15, -0.1) is 0 Å². The molecule has 3 aliphatic rings. The van der Waals surface area contributed by atoms with Gasteiger partial charge in [0, 0.05) is 35.9 Å². The van der Waals surface area contributed by atoms with Crippen LogP contribution in [0.25, 0.3) is 16.6 Å². The second kappa shape index (κ2) is 7.99. The number of aromatic nitrogens is 1. The summed E-state index contributed by atoms with van der Waals surface area (Å²) in [5.41, 5.74) is 4.34. The van der Waals surface area contributed by atoms with E-state index in [9.17, 15) is 19.4 Å². The second-order valence-electron chi connectivity index (χ2n) is 10.4. The lowest BCUT2D eigenvalue weighted by Crippen LogP contribution is -2.49. The Balaban J connectivity index is 1.50. The van der Waals surface area contributed by atoms with Crippen molar-refractivity contribution in [2.75, 3.05) is 13.2 Å². The molecule has 34 heavy (non-hydrogen) atoms. The zero-order chi connectivity index (χ0) is 23.6. The van der Waals surface area contributed by atoms with Crippen LogP contribution in [0, 0.1) is 17.2 Å². The third-order valence-corrected chi connectivity index (χ3v) is 8.56. The van der Waals surface area contributed by atoms with Crippen molar-refractivity contribution in [2.24, 2.45) is 11.3 Å². The van der Waals surface area contributed by atoms with Crippen LogP contribution in [-0.2, 0) is 9.53 Å². The summed E-state index contributed by atoms with van der Waals surface area (Å²) < 4.78 is 21.9. The Kier molecular flexibility index (Phi) is 5.15. The van der Waals surface area contributed by atoms with Crippen molar-refractivity contribution in [3.05, 3.63) is 58.5 Å². The Labute approximate surface area is 202 Å². The van der Waals surface area contributed by atoms with Crippen molar-refractivity contribution < 1.29 is 24.1 Å². The molecule has 2 aliphatic carbocycles. The van der Waals surface area contributed by atoms with Crippen LogP contribution < -0.4 is 0 Å². The number of aromatic hydroxyl groups is 1. The number of carbonyl (C=O) groups is 1. The SMILES string of the molecule is O=C(O)C1CC2(C1)CC(c1c(C3CCOCC3)n(-c3ccc(F)c(Cl)c3)c3ccc(O)cc13)C2. The van der Waals surface area contributed by atoms with Crippen LogP contribution >= 0.6 is 11.6 Å². The van der Waals surface area contributed by atoms with Gasteiger partial charge in [0.25, 0.3) is 0 Å². The van der Waals surface area contributed by atoms with Gasteiger partial charge >= 0.3 is 5.97 Å². The molecule has 2 heterocycles. The van der Waals surface area contributed by atoms with Crippen LogP contribution in [0.1, 0.15) is 61.6 Å². The highest BCUT2D eigenvalue weighted by Gasteiger charge is 2.56. The van der Waals surface area contributed by atoms with Crippen LogP contribution in [0.5, 0.6) is 5.75 Å². The lowest BCUT2D eigenvalue weighted by Gasteiger charge is -2.57. The zero-order valence-corrected chi connectivity index (χ0v) is 19.5. The van der Waals surface area contributed by atoms with E-state index in [-0.39, 0.29) is 28.0 Å². The predicted molar refractivity (Wildman–Crippen MR) is 127 cm³/mol. The average Bonchev–Trinajstić information content (AvgIpc) is 3.08. The monoisotopic (exact) mass is 483 g/mol. The summed E-state index contributed by atoms with van der Waals surface area (Å²) >= 11 is 6.19. The van der Waals surface area contributed by atoms with E-state index in [1.807, 2.05) is 12.1 Å². The summed E-state index contributed by atoms with van der Waals surface area (Å²) in [6, 6.07) is 10.3. The number of carboxylic acid groups (broad SMARTS) is 1. The molecule has 3 fully saturated rings. The second-order valence-corrected chi connectivity index (χ2v) is 10.8. The third kappa shape index (κ3) is 3.42. The standard InChI is InChI=1S/C27H27ClFNO4/c28-21-9-18(1-3-22(21)29)30-23-4-2-19(31)10-20(23)24(25(30)15-5-7-34-8-6-15)16-11-27(12-16)13-17(14-27)26(32)33/h1-4,9-10,15-17,31H,5-8,11-14H2,(H,32,33). The van der Waals surface area contributed by atoms with E-state index in [0.717, 1.165) is 55.1 Å². The van der Waals surface area contributed by atoms with Gasteiger partial charge in [-0.05, 0) is 91.8 Å². The first-order valence-electron chi connectivity index (χ1n) is 12.0. The molecule has 1 spiro atoms. The molecule has 0 radical (unpaired) electrons. The van der Waals surface area contributed by atoms with E-state index in [2.05, 4.69) is 4.57 Å². The molecule has 0 atom stereocenters. The molecule has 0 unspecified atom stereocenters. The lowest BCUT2D eigenvalue weighted by atomic mass is 9.47. The number of carboxylic acids is 1. The molecule has 2 N–H and O–H groups in total. The molecule has 3 aromatic rings. The molecule has 2 aromatic carbocycles. The predicted octanol–water partition coefficient (Wildman–Crippen LogP) is 6.38. The first-order valence-corrected chi connectivity index (χ1v) is 12.4. The van der Waals surface area contributed by atoms with E-state index in [0.29, 0.717) is 19.1 Å². The lowest BCUT2D eigenvalue weighted by molar-refractivity contribution is -0.155. The van der Waals surface area contributed by atoms with Gasteiger partial charge in [0.15, 0.2) is 0 Å². The minimum absolute atomic E-state index is 0.0781. The van der Waals surface area contributed by atoms with Gasteiger partial charge in [-0.25, -0.2) is 4.39 Å². The van der Waals surface area contributed by atoms with Gasteiger partial charge in [0.2, 0.25) is 0 Å². The largest absolute Gasteiger partial charge is 0.508 e. The number of rotatable bonds is 4. The first kappa shape index (κ1) is 21.9. The minimum Gasteiger partial charge on any atom is -0.508 e. The average molecular weight is 484 g/mol. The van der Waals surface area contributed by atoms with Gasteiger partial charge in [0.05, 0.1) is 16.5 Å². The number of hydrogen-bond donors (Lipinski definition) is 2. The molecule has 1 saturated heterocycles. The molecule has 0 bridgehead atoms. The van der Waals surface area contributed by atoms with Crippen molar-refractivity contribution in [3.63, 3.8) is 0 Å². The van der Waals surface area contributed by atoms with E-state index in [4.69, 9.17) is 16.3 Å². The van der Waals surface area contributed by atoms with Crippen LogP contribution in [0.3, 0.4) is 0 Å². The number of ether oxygens (including phenoxy) is 1. The van der Waals surface area contributed by atoms with E-state index < -0.39 is 11.8 Å². The highest BCUT2D eigenvalue weighted by Crippen LogP contribution is 2.65. The van der Waals surface area contributed by atoms with Crippen LogP contribution in [0.15, 0.2) is 36.4 Å². The number of phenolic OH excluding ortho intramolecular Hbond substituents is 1. The van der Waals surface area contributed by atoms with Gasteiger partial charge in [-0.1, -0.05) is 11.6 Å². The fraction of sp³-hybridized carbons (Fsp3) is 0.444. The fourth-order valence-corrected chi connectivity index (χ4v) is 6.89. The molecular weight excluding hydrogens is 457 g/mol. The molecular formula is C27H27ClFNO4. The summed E-state index contributed by atoms with van der Waals surface area (Å²) in [5.74, 6) is -0.577. The Morgan fingerprint density at radius 3 is 2.47 bits per heavy atom. The van der Waals surface area contributed by atoms with Gasteiger partial charge in [-0.3, -0.25) is 4.79 Å². The van der Waals surface area contributed by atoms with Crippen LogP contribution in [0.4, 0.5) is 4.39 Å². The first-order chi connectivity index (χ1) is 16.3. The van der Waals surface area contributed by atoms with Crippen molar-refractivity contribution in [3.8, 4) is 11.4 Å². The zero-order valence-electron chi connectivity index (χ0n) is 18.8. The Hall–Kier alpha value is -2.57. The number of halogens is 2. The Bertz CT molecular complexity index is 1280. The molecule has 2 saturated carbocycles. The maximum Gasteiger partial charge on any atom is 0.306 e. The normalized spacial score (nSPS) is 27.0. The van der Waals surface area contributed by atoms with Crippen molar-refractivity contribution in [2.45, 2.75) is 50.4 Å². The molecule has 0 amide bonds. The quantitative estimate of drug-likeness (QED) is 0.451. The highest BCUT2D eigenvalue weighted by atomic mass is 35.5. The fourth-order valence-electron chi connectivity index (χ4n) is 6.71. The smallest absolute Gasteiger partial charge is 0.306 e. The number of hydrogen-bond acceptors (Lipinski definition) is 3. The summed E-state index contributed by atoms with van der Waals surface area (Å²) in [6.07, 6.45) is 5.22. The molecule has 7 heteroatoms. The van der Waals surface area contributed by atoms with Crippen molar-refractivity contribution in [1.29, 1.82) is 0 Å². The topological polar surface area (TPSA) is 71.7 Å². The molecule has 1 aromatic heterocycles. The number of nitrogens with zero attached hydrogens (tertiary/aromatic N) is 1. The van der Waals surface area contributed by atoms with E-state index >= 15 is 0 Å². The maximum absolute atomic E-state index is 14.0. The Morgan fingerprint density at radius 1 is 1.06 bits per heavy atom. The third-order valence-electron chi connectivity index (χ3n) is 8.27. The van der Waals surface area contributed by atoms with Gasteiger partial charge < -0.3 is 19.5 Å². The highest BCUT2D eigenvalue weighted by molar-refractivity contribution is 6.30. The maximum atomic E-state index is 14.0. The molecule has 5 nitrogen and oxygen atoms in total. The number of benzene rings is 2. The van der Waals surface area contributed by atoms with Crippen LogP contribution in [0.2, 0.25) is 5.02 Å². The van der Waals surface area contributed by atoms with E-state index in [1.54, 1.807) is 18.2 Å². The van der Waals surface area contributed by atoms with Crippen molar-refractivity contribution in [1.82, 2.24) is 4.57 Å². The summed E-state index contributed by atoms with van der Waals surface area (Å²) in [4.78, 5) is 11.4. The summed E-state index contributed by atoms with van der Waals surface area (Å²) in [7, 11) is 0. The minimum atomic E-state index is -0.688. The van der Waals surface area contributed by atoms with Crippen LogP contribution in [-0.4, -0.2) is 34.0 Å². The molecule has 178 valence electrons.